The Morgan fingerprint density at radius 3 is 2.84 bits per heavy atom. The van der Waals surface area contributed by atoms with Gasteiger partial charge in [0.25, 0.3) is 0 Å². The molecular formula is C15H18FNO2. The zero-order valence-electron chi connectivity index (χ0n) is 11.1. The maximum Gasteiger partial charge on any atom is 0.227 e. The van der Waals surface area contributed by atoms with Gasteiger partial charge in [0.15, 0.2) is 0 Å². The minimum absolute atomic E-state index is 0.0851. The molecule has 0 radical (unpaired) electrons. The molecule has 2 rings (SSSR count). The number of hydrogen-bond donors (Lipinski definition) is 0. The lowest BCUT2D eigenvalue weighted by Crippen LogP contribution is -2.35. The van der Waals surface area contributed by atoms with E-state index in [1.165, 1.54) is 12.1 Å². The van der Waals surface area contributed by atoms with Crippen molar-refractivity contribution in [1.82, 2.24) is 0 Å². The smallest absolute Gasteiger partial charge is 0.227 e. The third-order valence-corrected chi connectivity index (χ3v) is 3.40. The van der Waals surface area contributed by atoms with Crippen LogP contribution in [0.1, 0.15) is 38.2 Å². The topological polar surface area (TPSA) is 37.4 Å². The molecule has 3 nitrogen and oxygen atoms in total. The highest BCUT2D eigenvalue weighted by Crippen LogP contribution is 2.28. The zero-order chi connectivity index (χ0) is 13.8. The first-order valence-corrected chi connectivity index (χ1v) is 6.66. The van der Waals surface area contributed by atoms with E-state index in [9.17, 15) is 14.0 Å². The molecule has 1 amide bonds. The molecule has 0 spiro atoms. The summed E-state index contributed by atoms with van der Waals surface area (Å²) in [6.45, 7) is 2.18. The molecule has 1 aliphatic rings. The number of hydrogen-bond acceptors (Lipinski definition) is 2. The molecule has 19 heavy (non-hydrogen) atoms. The Kier molecular flexibility index (Phi) is 4.30. The van der Waals surface area contributed by atoms with E-state index in [2.05, 4.69) is 0 Å². The van der Waals surface area contributed by atoms with Gasteiger partial charge in [0.2, 0.25) is 5.91 Å². The van der Waals surface area contributed by atoms with Gasteiger partial charge in [0.1, 0.15) is 11.6 Å². The van der Waals surface area contributed by atoms with E-state index < -0.39 is 0 Å². The van der Waals surface area contributed by atoms with Crippen LogP contribution >= 0.6 is 0 Å². The van der Waals surface area contributed by atoms with Gasteiger partial charge in [-0.15, -0.1) is 0 Å². The number of amides is 1. The SMILES string of the molecule is CC(=O)CCCCN1C(=O)CCc2cc(F)ccc21. The van der Waals surface area contributed by atoms with Crippen molar-refractivity contribution in [1.29, 1.82) is 0 Å². The number of nitrogens with zero attached hydrogens (tertiary/aromatic N) is 1. The molecule has 1 aliphatic heterocycles. The van der Waals surface area contributed by atoms with E-state index in [1.807, 2.05) is 0 Å². The number of fused-ring (bicyclic) bond motifs is 1. The number of rotatable bonds is 5. The maximum atomic E-state index is 13.2. The van der Waals surface area contributed by atoms with Crippen LogP contribution < -0.4 is 4.90 Å². The molecule has 0 unspecified atom stereocenters. The molecule has 0 aliphatic carbocycles. The number of ketones is 1. The van der Waals surface area contributed by atoms with Crippen LogP contribution in [0.25, 0.3) is 0 Å². The number of Topliss-reactive ketones (excluding diaryl/α,β-unsaturated/α-hetero) is 1. The van der Waals surface area contributed by atoms with Crippen LogP contribution in [0, 0.1) is 5.82 Å². The lowest BCUT2D eigenvalue weighted by molar-refractivity contribution is -0.119. The van der Waals surface area contributed by atoms with Crippen LogP contribution in [-0.2, 0) is 16.0 Å². The molecule has 0 atom stereocenters. The second-order valence-electron chi connectivity index (χ2n) is 4.98. The van der Waals surface area contributed by atoms with E-state index in [0.29, 0.717) is 25.8 Å². The second kappa shape index (κ2) is 5.95. The van der Waals surface area contributed by atoms with Crippen molar-refractivity contribution in [3.8, 4) is 0 Å². The fraction of sp³-hybridized carbons (Fsp3) is 0.467. The van der Waals surface area contributed by atoms with Gasteiger partial charge in [-0.1, -0.05) is 0 Å². The first kappa shape index (κ1) is 13.7. The molecule has 1 aromatic rings. The van der Waals surface area contributed by atoms with E-state index >= 15 is 0 Å². The van der Waals surface area contributed by atoms with Gasteiger partial charge in [-0.25, -0.2) is 4.39 Å². The summed E-state index contributed by atoms with van der Waals surface area (Å²) in [7, 11) is 0. The first-order valence-electron chi connectivity index (χ1n) is 6.66. The number of anilines is 1. The molecule has 102 valence electrons. The van der Waals surface area contributed by atoms with E-state index in [-0.39, 0.29) is 17.5 Å². The van der Waals surface area contributed by atoms with E-state index in [0.717, 1.165) is 24.1 Å². The highest BCUT2D eigenvalue weighted by atomic mass is 19.1. The lowest BCUT2D eigenvalue weighted by atomic mass is 10.0. The Balaban J connectivity index is 2.04. The van der Waals surface area contributed by atoms with Crippen molar-refractivity contribution in [2.75, 3.05) is 11.4 Å². The largest absolute Gasteiger partial charge is 0.312 e. The Bertz CT molecular complexity index is 499. The van der Waals surface area contributed by atoms with Crippen molar-refractivity contribution in [2.24, 2.45) is 0 Å². The third-order valence-electron chi connectivity index (χ3n) is 3.40. The predicted octanol–water partition coefficient (Wildman–Crippen LogP) is 2.86. The number of benzene rings is 1. The summed E-state index contributed by atoms with van der Waals surface area (Å²) in [6.07, 6.45) is 3.18. The Labute approximate surface area is 112 Å². The highest BCUT2D eigenvalue weighted by molar-refractivity contribution is 5.96. The number of aryl methyl sites for hydroxylation is 1. The fourth-order valence-corrected chi connectivity index (χ4v) is 2.42. The molecular weight excluding hydrogens is 245 g/mol. The van der Waals surface area contributed by atoms with Gasteiger partial charge in [-0.05, 0) is 49.9 Å². The van der Waals surface area contributed by atoms with Gasteiger partial charge < -0.3 is 9.69 Å². The minimum Gasteiger partial charge on any atom is -0.312 e. The average molecular weight is 263 g/mol. The maximum absolute atomic E-state index is 13.2. The molecule has 0 aromatic heterocycles. The van der Waals surface area contributed by atoms with Crippen LogP contribution in [-0.4, -0.2) is 18.2 Å². The van der Waals surface area contributed by atoms with Gasteiger partial charge >= 0.3 is 0 Å². The minimum atomic E-state index is -0.260. The fourth-order valence-electron chi connectivity index (χ4n) is 2.42. The molecule has 0 saturated carbocycles. The van der Waals surface area contributed by atoms with E-state index in [1.54, 1.807) is 17.9 Å². The summed E-state index contributed by atoms with van der Waals surface area (Å²) in [6, 6.07) is 4.57. The number of carbonyl (C=O) groups excluding carboxylic acids is 2. The van der Waals surface area contributed by atoms with Crippen molar-refractivity contribution in [3.05, 3.63) is 29.6 Å². The molecule has 0 saturated heterocycles. The van der Waals surface area contributed by atoms with Crippen LogP contribution in [0.15, 0.2) is 18.2 Å². The number of unbranched alkanes of at least 4 members (excludes halogenated alkanes) is 1. The summed E-state index contributed by atoms with van der Waals surface area (Å²) in [5, 5.41) is 0. The van der Waals surface area contributed by atoms with Gasteiger partial charge in [0.05, 0.1) is 0 Å². The summed E-state index contributed by atoms with van der Waals surface area (Å²) >= 11 is 0. The van der Waals surface area contributed by atoms with Crippen molar-refractivity contribution in [3.63, 3.8) is 0 Å². The summed E-state index contributed by atoms with van der Waals surface area (Å²) in [4.78, 5) is 24.5. The van der Waals surface area contributed by atoms with Crippen LogP contribution in [0.4, 0.5) is 10.1 Å². The Hall–Kier alpha value is -1.71. The van der Waals surface area contributed by atoms with Gasteiger partial charge in [0, 0.05) is 25.1 Å². The summed E-state index contributed by atoms with van der Waals surface area (Å²) in [5.41, 5.74) is 1.71. The first-order chi connectivity index (χ1) is 9.08. The predicted molar refractivity (Wildman–Crippen MR) is 71.6 cm³/mol. The Morgan fingerprint density at radius 1 is 1.32 bits per heavy atom. The van der Waals surface area contributed by atoms with Crippen LogP contribution in [0.5, 0.6) is 0 Å². The molecule has 0 N–H and O–H groups in total. The number of carbonyl (C=O) groups is 2. The summed E-state index contributed by atoms with van der Waals surface area (Å²) in [5.74, 6) is -0.000922. The van der Waals surface area contributed by atoms with Crippen LogP contribution in [0.2, 0.25) is 0 Å². The monoisotopic (exact) mass is 263 g/mol. The second-order valence-corrected chi connectivity index (χ2v) is 4.98. The quantitative estimate of drug-likeness (QED) is 0.766. The Morgan fingerprint density at radius 2 is 2.11 bits per heavy atom. The van der Waals surface area contributed by atoms with E-state index in [4.69, 9.17) is 0 Å². The molecule has 0 bridgehead atoms. The molecule has 1 heterocycles. The molecule has 0 fully saturated rings. The average Bonchev–Trinajstić information content (AvgIpc) is 2.36. The highest BCUT2D eigenvalue weighted by Gasteiger charge is 2.23. The van der Waals surface area contributed by atoms with Crippen molar-refractivity contribution < 1.29 is 14.0 Å². The third kappa shape index (κ3) is 3.40. The van der Waals surface area contributed by atoms with Gasteiger partial charge in [-0.2, -0.15) is 0 Å². The van der Waals surface area contributed by atoms with Crippen molar-refractivity contribution in [2.45, 2.75) is 39.0 Å². The van der Waals surface area contributed by atoms with Crippen LogP contribution in [0.3, 0.4) is 0 Å². The molecule has 1 aromatic carbocycles. The summed E-state index contributed by atoms with van der Waals surface area (Å²) < 4.78 is 13.2. The lowest BCUT2D eigenvalue weighted by Gasteiger charge is -2.29. The zero-order valence-corrected chi connectivity index (χ0v) is 11.1. The van der Waals surface area contributed by atoms with Gasteiger partial charge in [-0.3, -0.25) is 4.79 Å². The normalized spacial score (nSPS) is 14.4. The number of halogens is 1. The van der Waals surface area contributed by atoms with Crippen molar-refractivity contribution >= 4 is 17.4 Å². The standard InChI is InChI=1S/C15H18FNO2/c1-11(18)4-2-3-9-17-14-7-6-13(16)10-12(14)5-8-15(17)19/h6-7,10H,2-5,8-9H2,1H3. The molecule has 4 heteroatoms.